The van der Waals surface area contributed by atoms with Crippen LogP contribution in [0.5, 0.6) is 0 Å². The quantitative estimate of drug-likeness (QED) is 0.384. The van der Waals surface area contributed by atoms with Gasteiger partial charge in [0, 0.05) is 4.90 Å². The van der Waals surface area contributed by atoms with Gasteiger partial charge in [-0.3, -0.25) is 9.69 Å². The summed E-state index contributed by atoms with van der Waals surface area (Å²) in [5, 5.41) is 0.661. The van der Waals surface area contributed by atoms with Crippen LogP contribution < -0.4 is 4.90 Å². The number of para-hydroxylation sites is 2. The molecule has 3 aromatic rings. The molecule has 0 saturated carbocycles. The fourth-order valence-corrected chi connectivity index (χ4v) is 4.23. The summed E-state index contributed by atoms with van der Waals surface area (Å²) >= 11 is 3.10. The summed E-state index contributed by atoms with van der Waals surface area (Å²) in [4.78, 5) is 21.5. The molecular formula is C23H18N2OS2. The first kappa shape index (κ1) is 18.6. The van der Waals surface area contributed by atoms with Crippen LogP contribution in [0.1, 0.15) is 5.56 Å². The lowest BCUT2D eigenvalue weighted by Crippen LogP contribution is -2.28. The molecule has 1 heterocycles. The van der Waals surface area contributed by atoms with E-state index in [1.807, 2.05) is 85.1 Å². The van der Waals surface area contributed by atoms with E-state index in [2.05, 4.69) is 12.1 Å². The van der Waals surface area contributed by atoms with Crippen LogP contribution in [-0.2, 0) is 4.79 Å². The van der Waals surface area contributed by atoms with Crippen LogP contribution in [-0.4, -0.2) is 17.3 Å². The smallest absolute Gasteiger partial charge is 0.268 e. The molecule has 0 N–H and O–H groups in total. The second-order valence-corrected chi connectivity index (χ2v) is 7.98. The highest BCUT2D eigenvalue weighted by Gasteiger charge is 2.34. The standard InChI is InChI=1S/C23H18N2OS2/c1-27-20-14-12-17(13-15-20)16-21-22(26)25(19-10-6-3-7-11-19)23(28-21)24-18-8-4-2-5-9-18/h2-16H,1H3/b21-16-,24-23?. The van der Waals surface area contributed by atoms with E-state index in [0.29, 0.717) is 10.1 Å². The van der Waals surface area contributed by atoms with Crippen molar-refractivity contribution in [2.75, 3.05) is 11.2 Å². The largest absolute Gasteiger partial charge is 0.271 e. The number of nitrogens with zero attached hydrogens (tertiary/aromatic N) is 2. The first-order valence-electron chi connectivity index (χ1n) is 8.81. The highest BCUT2D eigenvalue weighted by molar-refractivity contribution is 8.19. The molecule has 0 spiro atoms. The first-order chi connectivity index (χ1) is 13.7. The maximum Gasteiger partial charge on any atom is 0.271 e. The maximum absolute atomic E-state index is 13.2. The number of amides is 1. The molecular weight excluding hydrogens is 384 g/mol. The van der Waals surface area contributed by atoms with Gasteiger partial charge in [0.05, 0.1) is 16.3 Å². The molecule has 4 rings (SSSR count). The molecule has 0 unspecified atom stereocenters. The second-order valence-electron chi connectivity index (χ2n) is 6.09. The summed E-state index contributed by atoms with van der Waals surface area (Å²) in [6.07, 6.45) is 3.98. The molecule has 0 bridgehead atoms. The van der Waals surface area contributed by atoms with Gasteiger partial charge < -0.3 is 0 Å². The van der Waals surface area contributed by atoms with Crippen molar-refractivity contribution in [3.63, 3.8) is 0 Å². The van der Waals surface area contributed by atoms with Gasteiger partial charge in [-0.05, 0) is 66.1 Å². The summed E-state index contributed by atoms with van der Waals surface area (Å²) in [5.74, 6) is -0.0557. The average Bonchev–Trinajstić information content (AvgIpc) is 3.04. The lowest BCUT2D eigenvalue weighted by molar-refractivity contribution is -0.113. The number of hydrogen-bond acceptors (Lipinski definition) is 4. The van der Waals surface area contributed by atoms with Gasteiger partial charge in [0.2, 0.25) is 0 Å². The highest BCUT2D eigenvalue weighted by atomic mass is 32.2. The van der Waals surface area contributed by atoms with E-state index in [1.54, 1.807) is 16.7 Å². The van der Waals surface area contributed by atoms with E-state index >= 15 is 0 Å². The number of amidine groups is 1. The van der Waals surface area contributed by atoms with Crippen LogP contribution in [0.15, 0.2) is 99.7 Å². The Bertz CT molecular complexity index is 1030. The van der Waals surface area contributed by atoms with Gasteiger partial charge in [-0.25, -0.2) is 4.99 Å². The number of benzene rings is 3. The van der Waals surface area contributed by atoms with Gasteiger partial charge >= 0.3 is 0 Å². The highest BCUT2D eigenvalue weighted by Crippen LogP contribution is 2.37. The predicted molar refractivity (Wildman–Crippen MR) is 121 cm³/mol. The minimum atomic E-state index is -0.0557. The minimum Gasteiger partial charge on any atom is -0.268 e. The number of anilines is 1. The number of carbonyl (C=O) groups excluding carboxylic acids is 1. The number of hydrogen-bond donors (Lipinski definition) is 0. The fourth-order valence-electron chi connectivity index (χ4n) is 2.82. The predicted octanol–water partition coefficient (Wildman–Crippen LogP) is 6.22. The van der Waals surface area contributed by atoms with E-state index in [4.69, 9.17) is 4.99 Å². The van der Waals surface area contributed by atoms with Crippen molar-refractivity contribution >= 4 is 52.0 Å². The van der Waals surface area contributed by atoms with Crippen molar-refractivity contribution in [1.82, 2.24) is 0 Å². The zero-order chi connectivity index (χ0) is 19.3. The zero-order valence-corrected chi connectivity index (χ0v) is 16.9. The molecule has 0 atom stereocenters. The SMILES string of the molecule is CSc1ccc(/C=C2\SC(=Nc3ccccc3)N(c3ccccc3)C2=O)cc1. The van der Waals surface area contributed by atoms with Gasteiger partial charge in [0.25, 0.3) is 5.91 Å². The molecule has 1 fully saturated rings. The van der Waals surface area contributed by atoms with Gasteiger partial charge in [-0.15, -0.1) is 11.8 Å². The Morgan fingerprint density at radius 1 is 0.893 bits per heavy atom. The Morgan fingerprint density at radius 2 is 1.54 bits per heavy atom. The normalized spacial score (nSPS) is 16.9. The van der Waals surface area contributed by atoms with Crippen molar-refractivity contribution in [2.45, 2.75) is 4.90 Å². The zero-order valence-electron chi connectivity index (χ0n) is 15.3. The molecule has 1 aliphatic heterocycles. The van der Waals surface area contributed by atoms with Gasteiger partial charge in [0.15, 0.2) is 5.17 Å². The number of carbonyl (C=O) groups is 1. The summed E-state index contributed by atoms with van der Waals surface area (Å²) < 4.78 is 0. The lowest BCUT2D eigenvalue weighted by atomic mass is 10.2. The van der Waals surface area contributed by atoms with Crippen molar-refractivity contribution in [3.05, 3.63) is 95.4 Å². The van der Waals surface area contributed by atoms with Crippen LogP contribution in [0.4, 0.5) is 11.4 Å². The topological polar surface area (TPSA) is 32.7 Å². The Morgan fingerprint density at radius 3 is 2.18 bits per heavy atom. The summed E-state index contributed by atoms with van der Waals surface area (Å²) in [6.45, 7) is 0. The van der Waals surface area contributed by atoms with Crippen LogP contribution >= 0.6 is 23.5 Å². The number of thioether (sulfide) groups is 2. The van der Waals surface area contributed by atoms with Crippen molar-refractivity contribution in [2.24, 2.45) is 4.99 Å². The molecule has 138 valence electrons. The monoisotopic (exact) mass is 402 g/mol. The number of aliphatic imine (C=N–C) groups is 1. The Labute approximate surface area is 173 Å². The molecule has 1 amide bonds. The van der Waals surface area contributed by atoms with Crippen molar-refractivity contribution < 1.29 is 4.79 Å². The molecule has 1 aliphatic rings. The minimum absolute atomic E-state index is 0.0557. The first-order valence-corrected chi connectivity index (χ1v) is 10.9. The molecule has 0 aromatic heterocycles. The molecule has 28 heavy (non-hydrogen) atoms. The second kappa shape index (κ2) is 8.50. The third-order valence-corrected chi connectivity index (χ3v) is 5.93. The van der Waals surface area contributed by atoms with Gasteiger partial charge in [-0.2, -0.15) is 0 Å². The van der Waals surface area contributed by atoms with Crippen LogP contribution in [0.2, 0.25) is 0 Å². The van der Waals surface area contributed by atoms with Crippen molar-refractivity contribution in [3.8, 4) is 0 Å². The molecule has 3 aromatic carbocycles. The third-order valence-electron chi connectivity index (χ3n) is 4.22. The average molecular weight is 403 g/mol. The van der Waals surface area contributed by atoms with E-state index in [-0.39, 0.29) is 5.91 Å². The summed E-state index contributed by atoms with van der Waals surface area (Å²) in [7, 11) is 0. The Hall–Kier alpha value is -2.76. The van der Waals surface area contributed by atoms with E-state index < -0.39 is 0 Å². The number of rotatable bonds is 4. The molecule has 0 aliphatic carbocycles. The van der Waals surface area contributed by atoms with Crippen LogP contribution in [0, 0.1) is 0 Å². The molecule has 1 saturated heterocycles. The summed E-state index contributed by atoms with van der Waals surface area (Å²) in [5.41, 5.74) is 2.64. The van der Waals surface area contributed by atoms with Crippen molar-refractivity contribution in [1.29, 1.82) is 0 Å². The van der Waals surface area contributed by atoms with Crippen LogP contribution in [0.25, 0.3) is 6.08 Å². The Balaban J connectivity index is 1.73. The Kier molecular flexibility index (Phi) is 5.65. The molecule has 3 nitrogen and oxygen atoms in total. The van der Waals surface area contributed by atoms with Gasteiger partial charge in [-0.1, -0.05) is 48.5 Å². The molecule has 5 heteroatoms. The lowest BCUT2D eigenvalue weighted by Gasteiger charge is -2.15. The van der Waals surface area contributed by atoms with E-state index in [1.165, 1.54) is 16.7 Å². The summed E-state index contributed by atoms with van der Waals surface area (Å²) in [6, 6.07) is 27.5. The van der Waals surface area contributed by atoms with E-state index in [9.17, 15) is 4.79 Å². The fraction of sp³-hybridized carbons (Fsp3) is 0.0435. The third kappa shape index (κ3) is 4.06. The maximum atomic E-state index is 13.2. The van der Waals surface area contributed by atoms with E-state index in [0.717, 1.165) is 16.9 Å². The van der Waals surface area contributed by atoms with Gasteiger partial charge in [0.1, 0.15) is 0 Å². The molecule has 0 radical (unpaired) electrons. The van der Waals surface area contributed by atoms with Crippen LogP contribution in [0.3, 0.4) is 0 Å².